The zero-order chi connectivity index (χ0) is 13.9. The van der Waals surface area contributed by atoms with E-state index in [4.69, 9.17) is 4.74 Å². The standard InChI is InChI=1S/C14H25NO3S/c1-3-13(2,12(16)17)15-11-4-7-18-14(10-11)5-8-19-9-6-14/h11,15H,3-10H2,1-2H3,(H,16,17). The number of nitrogens with one attached hydrogen (secondary N) is 1. The third kappa shape index (κ3) is 3.44. The Kier molecular flexibility index (Phi) is 4.79. The summed E-state index contributed by atoms with van der Waals surface area (Å²) in [5.74, 6) is 1.57. The van der Waals surface area contributed by atoms with Gasteiger partial charge < -0.3 is 9.84 Å². The van der Waals surface area contributed by atoms with E-state index in [2.05, 4.69) is 5.32 Å². The predicted molar refractivity (Wildman–Crippen MR) is 77.7 cm³/mol. The highest BCUT2D eigenvalue weighted by Gasteiger charge is 2.41. The van der Waals surface area contributed by atoms with Gasteiger partial charge in [-0.2, -0.15) is 11.8 Å². The molecule has 2 heterocycles. The lowest BCUT2D eigenvalue weighted by Gasteiger charge is -2.45. The van der Waals surface area contributed by atoms with Crippen LogP contribution in [0.5, 0.6) is 0 Å². The average Bonchev–Trinajstić information content (AvgIpc) is 2.39. The van der Waals surface area contributed by atoms with Gasteiger partial charge in [0.2, 0.25) is 0 Å². The fourth-order valence-corrected chi connectivity index (χ4v) is 4.25. The molecule has 2 fully saturated rings. The quantitative estimate of drug-likeness (QED) is 0.830. The van der Waals surface area contributed by atoms with Crippen molar-refractivity contribution in [1.29, 1.82) is 0 Å². The van der Waals surface area contributed by atoms with Crippen LogP contribution < -0.4 is 5.32 Å². The van der Waals surface area contributed by atoms with Gasteiger partial charge in [0.25, 0.3) is 0 Å². The summed E-state index contributed by atoms with van der Waals surface area (Å²) in [6.45, 7) is 4.46. The van der Waals surface area contributed by atoms with Crippen LogP contribution in [-0.4, -0.2) is 46.4 Å². The van der Waals surface area contributed by atoms with Gasteiger partial charge in [0, 0.05) is 12.6 Å². The van der Waals surface area contributed by atoms with Gasteiger partial charge in [-0.15, -0.1) is 0 Å². The van der Waals surface area contributed by atoms with Crippen LogP contribution in [-0.2, 0) is 9.53 Å². The fraction of sp³-hybridized carbons (Fsp3) is 0.929. The first-order valence-corrected chi connectivity index (χ1v) is 8.38. The topological polar surface area (TPSA) is 58.6 Å². The molecule has 2 N–H and O–H groups in total. The van der Waals surface area contributed by atoms with Crippen LogP contribution in [0.3, 0.4) is 0 Å². The lowest BCUT2D eigenvalue weighted by molar-refractivity contribution is -0.146. The third-order valence-corrected chi connectivity index (χ3v) is 5.58. The van der Waals surface area contributed by atoms with Gasteiger partial charge in [-0.05, 0) is 50.5 Å². The summed E-state index contributed by atoms with van der Waals surface area (Å²) in [5, 5.41) is 12.7. The highest BCUT2D eigenvalue weighted by molar-refractivity contribution is 7.99. The second-order valence-electron chi connectivity index (χ2n) is 5.97. The minimum atomic E-state index is -0.813. The lowest BCUT2D eigenvalue weighted by atomic mass is 9.84. The van der Waals surface area contributed by atoms with Crippen LogP contribution in [0.25, 0.3) is 0 Å². The Morgan fingerprint density at radius 2 is 2.21 bits per heavy atom. The molecule has 2 atom stereocenters. The average molecular weight is 287 g/mol. The van der Waals surface area contributed by atoms with E-state index >= 15 is 0 Å². The van der Waals surface area contributed by atoms with Gasteiger partial charge in [0.1, 0.15) is 5.54 Å². The molecule has 1 spiro atoms. The van der Waals surface area contributed by atoms with E-state index in [9.17, 15) is 9.90 Å². The normalized spacial score (nSPS) is 29.9. The maximum Gasteiger partial charge on any atom is 0.323 e. The van der Waals surface area contributed by atoms with E-state index < -0.39 is 11.5 Å². The molecule has 2 aliphatic heterocycles. The van der Waals surface area contributed by atoms with Crippen molar-refractivity contribution in [2.45, 2.75) is 63.1 Å². The zero-order valence-corrected chi connectivity index (χ0v) is 12.7. The number of aliphatic carboxylic acids is 1. The molecular formula is C14H25NO3S. The molecule has 0 amide bonds. The smallest absolute Gasteiger partial charge is 0.323 e. The molecule has 19 heavy (non-hydrogen) atoms. The van der Waals surface area contributed by atoms with Gasteiger partial charge in [-0.1, -0.05) is 6.92 Å². The Hall–Kier alpha value is -0.260. The van der Waals surface area contributed by atoms with Crippen molar-refractivity contribution in [2.75, 3.05) is 18.1 Å². The number of hydrogen-bond acceptors (Lipinski definition) is 4. The van der Waals surface area contributed by atoms with Gasteiger partial charge in [-0.3, -0.25) is 10.1 Å². The number of hydrogen-bond donors (Lipinski definition) is 2. The molecule has 4 nitrogen and oxygen atoms in total. The minimum absolute atomic E-state index is 0.00826. The molecular weight excluding hydrogens is 262 g/mol. The number of rotatable bonds is 4. The maximum atomic E-state index is 11.4. The maximum absolute atomic E-state index is 11.4. The van der Waals surface area contributed by atoms with E-state index in [0.717, 1.165) is 43.8 Å². The number of thioether (sulfide) groups is 1. The molecule has 0 aliphatic carbocycles. The zero-order valence-electron chi connectivity index (χ0n) is 11.9. The van der Waals surface area contributed by atoms with Gasteiger partial charge >= 0.3 is 5.97 Å². The highest BCUT2D eigenvalue weighted by atomic mass is 32.2. The summed E-state index contributed by atoms with van der Waals surface area (Å²) in [7, 11) is 0. The van der Waals surface area contributed by atoms with Gasteiger partial charge in [0.05, 0.1) is 5.60 Å². The van der Waals surface area contributed by atoms with Gasteiger partial charge in [-0.25, -0.2) is 0 Å². The van der Waals surface area contributed by atoms with Crippen molar-refractivity contribution in [3.63, 3.8) is 0 Å². The molecule has 0 bridgehead atoms. The van der Waals surface area contributed by atoms with E-state index in [-0.39, 0.29) is 11.6 Å². The Labute approximate surface area is 119 Å². The SMILES string of the molecule is CCC(C)(NC1CCOC2(CCSCC2)C1)C(=O)O. The second-order valence-corrected chi connectivity index (χ2v) is 7.19. The molecule has 110 valence electrons. The van der Waals surface area contributed by atoms with E-state index in [1.807, 2.05) is 18.7 Å². The molecule has 5 heteroatoms. The van der Waals surface area contributed by atoms with Gasteiger partial charge in [0.15, 0.2) is 0 Å². The summed E-state index contributed by atoms with van der Waals surface area (Å²) in [6, 6.07) is 0.262. The molecule has 2 saturated heterocycles. The van der Waals surface area contributed by atoms with Crippen LogP contribution >= 0.6 is 11.8 Å². The largest absolute Gasteiger partial charge is 0.480 e. The molecule has 0 aromatic carbocycles. The lowest BCUT2D eigenvalue weighted by Crippen LogP contribution is -2.58. The van der Waals surface area contributed by atoms with Crippen molar-refractivity contribution in [3.05, 3.63) is 0 Å². The summed E-state index contributed by atoms with van der Waals surface area (Å²) in [5.41, 5.74) is -0.805. The first-order chi connectivity index (χ1) is 9.00. The van der Waals surface area contributed by atoms with E-state index in [0.29, 0.717) is 6.42 Å². The summed E-state index contributed by atoms with van der Waals surface area (Å²) >= 11 is 1.99. The molecule has 2 aliphatic rings. The van der Waals surface area contributed by atoms with Crippen LogP contribution in [0.15, 0.2) is 0 Å². The van der Waals surface area contributed by atoms with Crippen molar-refractivity contribution < 1.29 is 14.6 Å². The number of carbonyl (C=O) groups is 1. The molecule has 0 aromatic rings. The number of carboxylic acids is 1. The molecule has 0 aromatic heterocycles. The van der Waals surface area contributed by atoms with Crippen LogP contribution in [0.4, 0.5) is 0 Å². The first kappa shape index (κ1) is 15.1. The van der Waals surface area contributed by atoms with Crippen LogP contribution in [0.2, 0.25) is 0 Å². The molecule has 2 rings (SSSR count). The summed E-state index contributed by atoms with van der Waals surface area (Å²) < 4.78 is 6.04. The number of ether oxygens (including phenoxy) is 1. The summed E-state index contributed by atoms with van der Waals surface area (Å²) in [4.78, 5) is 11.4. The Bertz CT molecular complexity index is 325. The minimum Gasteiger partial charge on any atom is -0.480 e. The van der Waals surface area contributed by atoms with Crippen molar-refractivity contribution >= 4 is 17.7 Å². The number of carboxylic acid groups (broad SMARTS) is 1. The monoisotopic (exact) mass is 287 g/mol. The highest BCUT2D eigenvalue weighted by Crippen LogP contribution is 2.38. The predicted octanol–water partition coefficient (Wildman–Crippen LogP) is 2.27. The van der Waals surface area contributed by atoms with Crippen molar-refractivity contribution in [3.8, 4) is 0 Å². The Balaban J connectivity index is 1.99. The fourth-order valence-electron chi connectivity index (χ4n) is 3.01. The van der Waals surface area contributed by atoms with Crippen LogP contribution in [0.1, 0.15) is 46.0 Å². The van der Waals surface area contributed by atoms with Crippen molar-refractivity contribution in [2.24, 2.45) is 0 Å². The first-order valence-electron chi connectivity index (χ1n) is 7.22. The molecule has 0 saturated carbocycles. The Morgan fingerprint density at radius 1 is 1.53 bits per heavy atom. The van der Waals surface area contributed by atoms with E-state index in [1.54, 1.807) is 6.92 Å². The molecule has 0 radical (unpaired) electrons. The molecule has 2 unspecified atom stereocenters. The third-order valence-electron chi connectivity index (χ3n) is 4.60. The van der Waals surface area contributed by atoms with E-state index in [1.165, 1.54) is 0 Å². The summed E-state index contributed by atoms with van der Waals surface area (Å²) in [6.07, 6.45) is 4.67. The van der Waals surface area contributed by atoms with Crippen LogP contribution in [0, 0.1) is 0 Å². The Morgan fingerprint density at radius 3 is 2.79 bits per heavy atom. The van der Waals surface area contributed by atoms with Crippen molar-refractivity contribution in [1.82, 2.24) is 5.32 Å². The second kappa shape index (κ2) is 6.02.